The maximum absolute atomic E-state index is 13.7. The molecule has 1 atom stereocenters. The van der Waals surface area contributed by atoms with Gasteiger partial charge >= 0.3 is 0 Å². The summed E-state index contributed by atoms with van der Waals surface area (Å²) in [5.41, 5.74) is -0.189. The number of hydrogen-bond acceptors (Lipinski definition) is 2. The Morgan fingerprint density at radius 2 is 1.86 bits per heavy atom. The summed E-state index contributed by atoms with van der Waals surface area (Å²) in [6, 6.07) is 2.18. The molecular weight excluding hydrogens is 274 g/mol. The molecule has 5 heteroatoms. The molecule has 0 radical (unpaired) electrons. The largest absolute Gasteiger partial charge is 0.383 e. The minimum atomic E-state index is -0.759. The molecule has 3 nitrogen and oxygen atoms in total. The number of hydrogen-bond donors (Lipinski definition) is 2. The van der Waals surface area contributed by atoms with E-state index in [1.807, 2.05) is 0 Å². The lowest BCUT2D eigenvalue weighted by Gasteiger charge is -2.39. The molecule has 2 N–H and O–H groups in total. The van der Waals surface area contributed by atoms with Crippen LogP contribution >= 0.6 is 0 Å². The summed E-state index contributed by atoms with van der Waals surface area (Å²) in [5, 5.41) is 5.37. The van der Waals surface area contributed by atoms with Gasteiger partial charge in [0.1, 0.15) is 17.3 Å². The summed E-state index contributed by atoms with van der Waals surface area (Å²) in [7, 11) is 1.44. The predicted octanol–water partition coefficient (Wildman–Crippen LogP) is 3.71. The molecule has 2 rings (SSSR count). The van der Waals surface area contributed by atoms with Gasteiger partial charge in [-0.05, 0) is 30.4 Å². The van der Waals surface area contributed by atoms with Crippen molar-refractivity contribution in [2.75, 3.05) is 12.4 Å². The van der Waals surface area contributed by atoms with Crippen LogP contribution < -0.4 is 10.6 Å². The highest BCUT2D eigenvalue weighted by molar-refractivity contribution is 5.94. The fourth-order valence-electron chi connectivity index (χ4n) is 2.95. The maximum atomic E-state index is 13.7. The third-order valence-corrected chi connectivity index (χ3v) is 4.37. The zero-order chi connectivity index (χ0) is 15.6. The lowest BCUT2D eigenvalue weighted by Crippen LogP contribution is -2.46. The number of nitrogens with one attached hydrogen (secondary N) is 2. The van der Waals surface area contributed by atoms with Crippen molar-refractivity contribution in [3.63, 3.8) is 0 Å². The first-order chi connectivity index (χ1) is 9.85. The third-order valence-electron chi connectivity index (χ3n) is 4.37. The number of amides is 1. The molecule has 0 bridgehead atoms. The van der Waals surface area contributed by atoms with Crippen molar-refractivity contribution in [3.8, 4) is 0 Å². The normalized spacial score (nSPS) is 20.9. The van der Waals surface area contributed by atoms with E-state index in [-0.39, 0.29) is 22.7 Å². The molecule has 1 aliphatic rings. The second-order valence-electron chi connectivity index (χ2n) is 6.33. The van der Waals surface area contributed by atoms with Gasteiger partial charge in [0.25, 0.3) is 5.91 Å². The Morgan fingerprint density at radius 3 is 2.38 bits per heavy atom. The molecule has 1 aliphatic carbocycles. The Morgan fingerprint density at radius 1 is 1.24 bits per heavy atom. The van der Waals surface area contributed by atoms with Gasteiger partial charge in [-0.1, -0.05) is 26.7 Å². The van der Waals surface area contributed by atoms with E-state index in [0.717, 1.165) is 37.8 Å². The minimum absolute atomic E-state index is 0.00984. The van der Waals surface area contributed by atoms with Crippen LogP contribution in [-0.4, -0.2) is 19.0 Å². The van der Waals surface area contributed by atoms with E-state index in [9.17, 15) is 13.6 Å². The van der Waals surface area contributed by atoms with Gasteiger partial charge in [0.05, 0.1) is 0 Å². The van der Waals surface area contributed by atoms with Crippen molar-refractivity contribution < 1.29 is 13.6 Å². The number of carbonyl (C=O) groups excluding carboxylic acids is 1. The van der Waals surface area contributed by atoms with Crippen molar-refractivity contribution in [3.05, 3.63) is 29.3 Å². The predicted molar refractivity (Wildman–Crippen MR) is 79.4 cm³/mol. The third kappa shape index (κ3) is 3.34. The van der Waals surface area contributed by atoms with Gasteiger partial charge in [-0.2, -0.15) is 0 Å². The standard InChI is InChI=1S/C16H22F2N2O/c1-16(2)7-5-4-6-13(16)20-15(21)10-8-11(17)14(19-3)12(18)9-10/h8-9,13,19H,4-7H2,1-3H3,(H,20,21). The van der Waals surface area contributed by atoms with Gasteiger partial charge < -0.3 is 10.6 Å². The quantitative estimate of drug-likeness (QED) is 0.893. The molecule has 0 saturated heterocycles. The first-order valence-corrected chi connectivity index (χ1v) is 7.33. The number of carbonyl (C=O) groups is 1. The summed E-state index contributed by atoms with van der Waals surface area (Å²) < 4.78 is 27.4. The second kappa shape index (κ2) is 6.00. The molecule has 1 unspecified atom stereocenters. The van der Waals surface area contributed by atoms with Gasteiger partial charge in [-0.3, -0.25) is 4.79 Å². The van der Waals surface area contributed by atoms with Crippen LogP contribution in [0.2, 0.25) is 0 Å². The van der Waals surface area contributed by atoms with Crippen LogP contribution in [0.1, 0.15) is 49.9 Å². The molecule has 1 aromatic rings. The average Bonchev–Trinajstić information content (AvgIpc) is 2.40. The molecule has 0 aliphatic heterocycles. The van der Waals surface area contributed by atoms with Crippen LogP contribution in [0.15, 0.2) is 12.1 Å². The van der Waals surface area contributed by atoms with E-state index in [1.54, 1.807) is 0 Å². The van der Waals surface area contributed by atoms with Gasteiger partial charge in [0, 0.05) is 18.7 Å². The van der Waals surface area contributed by atoms with E-state index in [0.29, 0.717) is 0 Å². The van der Waals surface area contributed by atoms with Crippen molar-refractivity contribution in [2.24, 2.45) is 5.41 Å². The zero-order valence-corrected chi connectivity index (χ0v) is 12.7. The molecule has 1 saturated carbocycles. The Balaban J connectivity index is 2.17. The minimum Gasteiger partial charge on any atom is -0.383 e. The Labute approximate surface area is 124 Å². The summed E-state index contributed by atoms with van der Waals surface area (Å²) in [6.45, 7) is 4.23. The fourth-order valence-corrected chi connectivity index (χ4v) is 2.95. The lowest BCUT2D eigenvalue weighted by atomic mass is 9.73. The van der Waals surface area contributed by atoms with Gasteiger partial charge in [0.2, 0.25) is 0 Å². The van der Waals surface area contributed by atoms with E-state index in [2.05, 4.69) is 24.5 Å². The van der Waals surface area contributed by atoms with Crippen molar-refractivity contribution in [1.29, 1.82) is 0 Å². The van der Waals surface area contributed by atoms with Gasteiger partial charge in [-0.25, -0.2) is 8.78 Å². The number of anilines is 1. The topological polar surface area (TPSA) is 41.1 Å². The van der Waals surface area contributed by atoms with Gasteiger partial charge in [-0.15, -0.1) is 0 Å². The Hall–Kier alpha value is -1.65. The van der Waals surface area contributed by atoms with E-state index in [1.165, 1.54) is 7.05 Å². The Bertz CT molecular complexity index is 520. The molecule has 0 spiro atoms. The Kier molecular flexibility index (Phi) is 4.49. The molecule has 1 aromatic carbocycles. The van der Waals surface area contributed by atoms with Crippen molar-refractivity contribution in [2.45, 2.75) is 45.6 Å². The highest BCUT2D eigenvalue weighted by Crippen LogP contribution is 2.35. The molecule has 1 amide bonds. The SMILES string of the molecule is CNc1c(F)cc(C(=O)NC2CCCCC2(C)C)cc1F. The summed E-state index contributed by atoms with van der Waals surface area (Å²) in [6.07, 6.45) is 4.16. The zero-order valence-electron chi connectivity index (χ0n) is 12.7. The molecule has 1 fully saturated rings. The summed E-state index contributed by atoms with van der Waals surface area (Å²) >= 11 is 0. The smallest absolute Gasteiger partial charge is 0.251 e. The number of benzene rings is 1. The molecule has 116 valence electrons. The van der Waals surface area contributed by atoms with Crippen LogP contribution in [0.4, 0.5) is 14.5 Å². The van der Waals surface area contributed by atoms with Crippen LogP contribution in [0.5, 0.6) is 0 Å². The number of rotatable bonds is 3. The summed E-state index contributed by atoms with van der Waals surface area (Å²) in [4.78, 5) is 12.2. The highest BCUT2D eigenvalue weighted by atomic mass is 19.1. The lowest BCUT2D eigenvalue weighted by molar-refractivity contribution is 0.0852. The average molecular weight is 296 g/mol. The summed E-state index contributed by atoms with van der Waals surface area (Å²) in [5.74, 6) is -1.94. The van der Waals surface area contributed by atoms with Gasteiger partial charge in [0.15, 0.2) is 0 Å². The first-order valence-electron chi connectivity index (χ1n) is 7.33. The van der Waals surface area contributed by atoms with E-state index in [4.69, 9.17) is 0 Å². The fraction of sp³-hybridized carbons (Fsp3) is 0.562. The van der Waals surface area contributed by atoms with Crippen LogP contribution in [0, 0.1) is 17.0 Å². The second-order valence-corrected chi connectivity index (χ2v) is 6.33. The number of halogens is 2. The molecule has 21 heavy (non-hydrogen) atoms. The van der Waals surface area contributed by atoms with Crippen LogP contribution in [0.25, 0.3) is 0 Å². The van der Waals surface area contributed by atoms with Crippen LogP contribution in [0.3, 0.4) is 0 Å². The van der Waals surface area contributed by atoms with Crippen molar-refractivity contribution >= 4 is 11.6 Å². The monoisotopic (exact) mass is 296 g/mol. The maximum Gasteiger partial charge on any atom is 0.251 e. The molecule has 0 heterocycles. The van der Waals surface area contributed by atoms with E-state index < -0.39 is 17.5 Å². The molecular formula is C16H22F2N2O. The highest BCUT2D eigenvalue weighted by Gasteiger charge is 2.33. The molecule has 0 aromatic heterocycles. The first kappa shape index (κ1) is 15.7. The van der Waals surface area contributed by atoms with E-state index >= 15 is 0 Å². The van der Waals surface area contributed by atoms with Crippen molar-refractivity contribution in [1.82, 2.24) is 5.32 Å². The van der Waals surface area contributed by atoms with Crippen LogP contribution in [-0.2, 0) is 0 Å².